The highest BCUT2D eigenvalue weighted by molar-refractivity contribution is 14.1. The molecule has 0 bridgehead atoms. The zero-order chi connectivity index (χ0) is 11.5. The molecule has 1 aliphatic heterocycles. The number of rotatable bonds is 2. The lowest BCUT2D eigenvalue weighted by Gasteiger charge is -2.30. The average Bonchev–Trinajstić information content (AvgIpc) is 2.24. The van der Waals surface area contributed by atoms with Gasteiger partial charge in [-0.1, -0.05) is 12.1 Å². The second kappa shape index (κ2) is 5.14. The largest absolute Gasteiger partial charge is 0.367 e. The number of benzene rings is 1. The fraction of sp³-hybridized carbons (Fsp3) is 0.417. The van der Waals surface area contributed by atoms with Gasteiger partial charge in [0.1, 0.15) is 6.61 Å². The summed E-state index contributed by atoms with van der Waals surface area (Å²) in [7, 11) is 0. The third kappa shape index (κ3) is 2.95. The molecule has 3 nitrogen and oxygen atoms in total. The number of amides is 1. The second-order valence-electron chi connectivity index (χ2n) is 4.02. The molecule has 0 radical (unpaired) electrons. The number of halogens is 1. The van der Waals surface area contributed by atoms with Crippen LogP contribution in [0.25, 0.3) is 0 Å². The van der Waals surface area contributed by atoms with Gasteiger partial charge >= 0.3 is 0 Å². The highest BCUT2D eigenvalue weighted by Crippen LogP contribution is 2.14. The van der Waals surface area contributed by atoms with E-state index in [1.807, 2.05) is 13.0 Å². The molecule has 1 N–H and O–H groups in total. The van der Waals surface area contributed by atoms with Crippen LogP contribution in [0.3, 0.4) is 0 Å². The molecule has 0 spiro atoms. The minimum absolute atomic E-state index is 0.0197. The molecule has 86 valence electrons. The summed E-state index contributed by atoms with van der Waals surface area (Å²) in [5, 5.41) is 2.97. The topological polar surface area (TPSA) is 38.3 Å². The van der Waals surface area contributed by atoms with Crippen LogP contribution in [0.2, 0.25) is 0 Å². The van der Waals surface area contributed by atoms with Crippen molar-refractivity contribution in [2.75, 3.05) is 6.61 Å². The number of hydrogen-bond donors (Lipinski definition) is 1. The Kier molecular flexibility index (Phi) is 3.81. The van der Waals surface area contributed by atoms with Crippen LogP contribution in [0.15, 0.2) is 24.3 Å². The highest BCUT2D eigenvalue weighted by Gasteiger charge is 2.25. The lowest BCUT2D eigenvalue weighted by Crippen LogP contribution is -2.51. The normalized spacial score (nSPS) is 25.2. The molecular weight excluding hydrogens is 317 g/mol. The lowest BCUT2D eigenvalue weighted by molar-refractivity contribution is -0.135. The summed E-state index contributed by atoms with van der Waals surface area (Å²) in [4.78, 5) is 11.2. The molecule has 1 heterocycles. The van der Waals surface area contributed by atoms with E-state index >= 15 is 0 Å². The summed E-state index contributed by atoms with van der Waals surface area (Å²) in [6.45, 7) is 2.18. The van der Waals surface area contributed by atoms with E-state index in [-0.39, 0.29) is 24.7 Å². The van der Waals surface area contributed by atoms with Crippen LogP contribution < -0.4 is 5.32 Å². The number of carbonyl (C=O) groups is 1. The highest BCUT2D eigenvalue weighted by atomic mass is 127. The minimum Gasteiger partial charge on any atom is -0.367 e. The summed E-state index contributed by atoms with van der Waals surface area (Å²) in [5.74, 6) is -0.0197. The molecule has 4 heteroatoms. The van der Waals surface area contributed by atoms with Crippen molar-refractivity contribution in [1.82, 2.24) is 5.32 Å². The molecular formula is C12H14INO2. The van der Waals surface area contributed by atoms with Gasteiger partial charge in [-0.3, -0.25) is 4.79 Å². The predicted octanol–water partition coefficient (Wildman–Crippen LogP) is 1.74. The third-order valence-corrected chi connectivity index (χ3v) is 3.41. The van der Waals surface area contributed by atoms with Gasteiger partial charge in [-0.25, -0.2) is 0 Å². The van der Waals surface area contributed by atoms with Gasteiger partial charge in [0.25, 0.3) is 0 Å². The van der Waals surface area contributed by atoms with Gasteiger partial charge in [-0.15, -0.1) is 0 Å². The molecule has 1 fully saturated rings. The van der Waals surface area contributed by atoms with Gasteiger partial charge in [-0.2, -0.15) is 0 Å². The first-order valence-electron chi connectivity index (χ1n) is 5.30. The summed E-state index contributed by atoms with van der Waals surface area (Å²) < 4.78 is 6.60. The van der Waals surface area contributed by atoms with E-state index in [0.717, 1.165) is 6.42 Å². The van der Waals surface area contributed by atoms with Crippen LogP contribution in [-0.4, -0.2) is 24.7 Å². The fourth-order valence-electron chi connectivity index (χ4n) is 1.82. The van der Waals surface area contributed by atoms with Gasteiger partial charge in [0.15, 0.2) is 0 Å². The molecule has 2 rings (SSSR count). The van der Waals surface area contributed by atoms with Crippen molar-refractivity contribution >= 4 is 28.5 Å². The monoisotopic (exact) mass is 331 g/mol. The van der Waals surface area contributed by atoms with Crippen LogP contribution in [0.4, 0.5) is 0 Å². The van der Waals surface area contributed by atoms with Crippen molar-refractivity contribution in [2.45, 2.75) is 25.5 Å². The third-order valence-electron chi connectivity index (χ3n) is 2.73. The van der Waals surface area contributed by atoms with Gasteiger partial charge in [0, 0.05) is 3.57 Å². The molecule has 2 atom stereocenters. The predicted molar refractivity (Wildman–Crippen MR) is 70.2 cm³/mol. The van der Waals surface area contributed by atoms with E-state index in [0.29, 0.717) is 0 Å². The van der Waals surface area contributed by atoms with Crippen LogP contribution >= 0.6 is 22.6 Å². The van der Waals surface area contributed by atoms with Crippen LogP contribution in [0.1, 0.15) is 12.5 Å². The van der Waals surface area contributed by atoms with Crippen molar-refractivity contribution in [2.24, 2.45) is 0 Å². The maximum Gasteiger partial charge on any atom is 0.246 e. The molecule has 0 aliphatic carbocycles. The first kappa shape index (κ1) is 11.9. The molecule has 1 aromatic carbocycles. The Morgan fingerprint density at radius 1 is 1.56 bits per heavy atom. The number of morpholine rings is 1. The summed E-state index contributed by atoms with van der Waals surface area (Å²) in [5.41, 5.74) is 1.23. The van der Waals surface area contributed by atoms with E-state index in [4.69, 9.17) is 4.74 Å². The first-order chi connectivity index (χ1) is 7.65. The van der Waals surface area contributed by atoms with Gasteiger partial charge in [0.05, 0.1) is 12.1 Å². The van der Waals surface area contributed by atoms with Crippen molar-refractivity contribution in [3.63, 3.8) is 0 Å². The van der Waals surface area contributed by atoms with E-state index in [1.54, 1.807) is 0 Å². The minimum atomic E-state index is -0.0197. The molecule has 1 aliphatic rings. The molecule has 1 saturated heterocycles. The summed E-state index contributed by atoms with van der Waals surface area (Å²) in [6, 6.07) is 8.39. The quantitative estimate of drug-likeness (QED) is 0.839. The Morgan fingerprint density at radius 2 is 2.38 bits per heavy atom. The Labute approximate surface area is 109 Å². The van der Waals surface area contributed by atoms with Crippen molar-refractivity contribution in [3.8, 4) is 0 Å². The smallest absolute Gasteiger partial charge is 0.246 e. The second-order valence-corrected chi connectivity index (χ2v) is 5.27. The van der Waals surface area contributed by atoms with E-state index in [1.165, 1.54) is 9.13 Å². The Hall–Kier alpha value is -0.620. The van der Waals surface area contributed by atoms with Crippen LogP contribution in [-0.2, 0) is 16.0 Å². The molecule has 16 heavy (non-hydrogen) atoms. The van der Waals surface area contributed by atoms with Gasteiger partial charge in [0.2, 0.25) is 5.91 Å². The van der Waals surface area contributed by atoms with E-state index in [9.17, 15) is 4.79 Å². The van der Waals surface area contributed by atoms with Crippen molar-refractivity contribution < 1.29 is 9.53 Å². The van der Waals surface area contributed by atoms with E-state index in [2.05, 4.69) is 46.1 Å². The molecule has 0 saturated carbocycles. The number of carbonyl (C=O) groups excluding carboxylic acids is 1. The first-order valence-corrected chi connectivity index (χ1v) is 6.38. The van der Waals surface area contributed by atoms with Crippen molar-refractivity contribution in [3.05, 3.63) is 33.4 Å². The lowest BCUT2D eigenvalue weighted by atomic mass is 10.0. The Balaban J connectivity index is 2.05. The average molecular weight is 331 g/mol. The maximum absolute atomic E-state index is 11.2. The van der Waals surface area contributed by atoms with Gasteiger partial charge < -0.3 is 10.1 Å². The fourth-order valence-corrected chi connectivity index (χ4v) is 2.43. The standard InChI is InChI=1S/C12H14INO2/c1-8-11(14-12(15)7-16-8)6-9-3-2-4-10(13)5-9/h2-5,8,11H,6-7H2,1H3,(H,14,15)/t8-,11-/m1/s1. The SMILES string of the molecule is C[C@H]1OCC(=O)N[C@@H]1Cc1cccc(I)c1. The number of nitrogens with one attached hydrogen (secondary N) is 1. The number of hydrogen-bond acceptors (Lipinski definition) is 2. The van der Waals surface area contributed by atoms with E-state index < -0.39 is 0 Å². The summed E-state index contributed by atoms with van der Waals surface area (Å²) >= 11 is 2.29. The summed E-state index contributed by atoms with van der Waals surface area (Å²) in [6.07, 6.45) is 0.902. The molecule has 0 aromatic heterocycles. The molecule has 1 aromatic rings. The van der Waals surface area contributed by atoms with Gasteiger partial charge in [-0.05, 0) is 53.6 Å². The van der Waals surface area contributed by atoms with Crippen LogP contribution in [0, 0.1) is 3.57 Å². The molecule has 1 amide bonds. The Bertz CT molecular complexity index is 394. The van der Waals surface area contributed by atoms with Crippen LogP contribution in [0.5, 0.6) is 0 Å². The number of ether oxygens (including phenoxy) is 1. The van der Waals surface area contributed by atoms with Crippen molar-refractivity contribution in [1.29, 1.82) is 0 Å². The molecule has 0 unspecified atom stereocenters. The Morgan fingerprint density at radius 3 is 3.12 bits per heavy atom. The zero-order valence-corrected chi connectivity index (χ0v) is 11.2. The zero-order valence-electron chi connectivity index (χ0n) is 9.07. The maximum atomic E-state index is 11.2.